The fraction of sp³-hybridized carbons (Fsp3) is 0.111. The van der Waals surface area contributed by atoms with Crippen LogP contribution in [0.3, 0.4) is 0 Å². The van der Waals surface area contributed by atoms with Gasteiger partial charge < -0.3 is 4.98 Å². The predicted octanol–water partition coefficient (Wildman–Crippen LogP) is 2.42. The summed E-state index contributed by atoms with van der Waals surface area (Å²) in [7, 11) is 0. The first kappa shape index (κ1) is 8.97. The fourth-order valence-electron chi connectivity index (χ4n) is 1.28. The molecule has 2 rings (SSSR count). The average molecular weight is 210 g/mol. The molecule has 1 aromatic heterocycles. The maximum absolute atomic E-state index is 13.6. The summed E-state index contributed by atoms with van der Waals surface area (Å²) in [5, 5.41) is 8.60. The quantitative estimate of drug-likeness (QED) is 0.784. The van der Waals surface area contributed by atoms with Crippen LogP contribution in [0, 0.1) is 17.1 Å². The van der Waals surface area contributed by atoms with Gasteiger partial charge in [-0.25, -0.2) is 9.37 Å². The molecule has 0 atom stereocenters. The average Bonchev–Trinajstić information content (AvgIpc) is 2.52. The van der Waals surface area contributed by atoms with Crippen molar-refractivity contribution in [3.05, 3.63) is 28.8 Å². The third-order valence-electron chi connectivity index (χ3n) is 1.91. The van der Waals surface area contributed by atoms with Gasteiger partial charge in [-0.1, -0.05) is 6.07 Å². The van der Waals surface area contributed by atoms with E-state index in [0.717, 1.165) is 0 Å². The Labute approximate surface area is 84.1 Å². The minimum Gasteiger partial charge on any atom is -0.328 e. The van der Waals surface area contributed by atoms with Crippen molar-refractivity contribution >= 4 is 22.6 Å². The van der Waals surface area contributed by atoms with Crippen LogP contribution in [-0.2, 0) is 6.42 Å². The third kappa shape index (κ3) is 1.32. The van der Waals surface area contributed by atoms with Gasteiger partial charge in [-0.3, -0.25) is 0 Å². The number of rotatable bonds is 1. The first-order chi connectivity index (χ1) is 6.72. The molecule has 1 heterocycles. The molecule has 0 aliphatic carbocycles. The Hall–Kier alpha value is -1.60. The van der Waals surface area contributed by atoms with Crippen molar-refractivity contribution in [2.24, 2.45) is 0 Å². The van der Waals surface area contributed by atoms with E-state index in [9.17, 15) is 4.39 Å². The summed E-state index contributed by atoms with van der Waals surface area (Å²) in [5.41, 5.74) is 1.06. The van der Waals surface area contributed by atoms with Crippen molar-refractivity contribution in [3.8, 4) is 6.07 Å². The number of nitrogens with zero attached hydrogens (tertiary/aromatic N) is 2. The molecule has 2 aromatic rings. The van der Waals surface area contributed by atoms with Gasteiger partial charge in [0.05, 0.1) is 18.0 Å². The first-order valence-corrected chi connectivity index (χ1v) is 4.29. The molecule has 70 valence electrons. The SMILES string of the molecule is N#CCc1ccc2[nH]c(Cl)nc2c1F. The number of halogens is 2. The van der Waals surface area contributed by atoms with Gasteiger partial charge in [-0.05, 0) is 17.7 Å². The van der Waals surface area contributed by atoms with Crippen LogP contribution in [0.2, 0.25) is 5.28 Å². The zero-order chi connectivity index (χ0) is 10.1. The number of benzene rings is 1. The molecule has 3 nitrogen and oxygen atoms in total. The second kappa shape index (κ2) is 3.28. The monoisotopic (exact) mass is 209 g/mol. The molecule has 5 heteroatoms. The van der Waals surface area contributed by atoms with Crippen molar-refractivity contribution in [2.45, 2.75) is 6.42 Å². The van der Waals surface area contributed by atoms with Crippen molar-refractivity contribution in [1.29, 1.82) is 5.26 Å². The van der Waals surface area contributed by atoms with Crippen molar-refractivity contribution in [3.63, 3.8) is 0 Å². The molecule has 0 bridgehead atoms. The second-order valence-corrected chi connectivity index (χ2v) is 3.16. The number of fused-ring (bicyclic) bond motifs is 1. The number of H-pyrrole nitrogens is 1. The summed E-state index contributed by atoms with van der Waals surface area (Å²) in [6, 6.07) is 5.09. The lowest BCUT2D eigenvalue weighted by Crippen LogP contribution is -1.89. The van der Waals surface area contributed by atoms with E-state index in [2.05, 4.69) is 9.97 Å². The van der Waals surface area contributed by atoms with Crippen LogP contribution in [-0.4, -0.2) is 9.97 Å². The van der Waals surface area contributed by atoms with Crippen LogP contribution in [0.4, 0.5) is 4.39 Å². The molecule has 0 amide bonds. The van der Waals surface area contributed by atoms with Crippen LogP contribution in [0.25, 0.3) is 11.0 Å². The lowest BCUT2D eigenvalue weighted by Gasteiger charge is -1.96. The number of imidazole rings is 1. The van der Waals surface area contributed by atoms with Gasteiger partial charge in [-0.2, -0.15) is 5.26 Å². The van der Waals surface area contributed by atoms with E-state index in [0.29, 0.717) is 11.1 Å². The lowest BCUT2D eigenvalue weighted by molar-refractivity contribution is 0.625. The van der Waals surface area contributed by atoms with E-state index >= 15 is 0 Å². The Morgan fingerprint density at radius 1 is 1.57 bits per heavy atom. The van der Waals surface area contributed by atoms with Crippen LogP contribution < -0.4 is 0 Å². The maximum atomic E-state index is 13.6. The van der Waals surface area contributed by atoms with E-state index in [1.165, 1.54) is 0 Å². The molecule has 1 N–H and O–H groups in total. The highest BCUT2D eigenvalue weighted by Crippen LogP contribution is 2.20. The molecular weight excluding hydrogens is 205 g/mol. The summed E-state index contributed by atoms with van der Waals surface area (Å²) in [6.07, 6.45) is 0.0340. The highest BCUT2D eigenvalue weighted by molar-refractivity contribution is 6.29. The standard InChI is InChI=1S/C9H5ClFN3/c10-9-13-6-2-1-5(3-4-12)7(11)8(6)14-9/h1-2H,3H2,(H,13,14). The molecule has 0 saturated heterocycles. The molecule has 14 heavy (non-hydrogen) atoms. The topological polar surface area (TPSA) is 52.5 Å². The Morgan fingerprint density at radius 2 is 2.36 bits per heavy atom. The number of aromatic nitrogens is 2. The van der Waals surface area contributed by atoms with E-state index in [1.54, 1.807) is 12.1 Å². The van der Waals surface area contributed by atoms with E-state index in [1.807, 2.05) is 6.07 Å². The smallest absolute Gasteiger partial charge is 0.201 e. The van der Waals surface area contributed by atoms with Gasteiger partial charge in [0, 0.05) is 5.56 Å². The van der Waals surface area contributed by atoms with Crippen LogP contribution in [0.15, 0.2) is 12.1 Å². The van der Waals surface area contributed by atoms with Crippen LogP contribution in [0.1, 0.15) is 5.56 Å². The van der Waals surface area contributed by atoms with Crippen molar-refractivity contribution < 1.29 is 4.39 Å². The van der Waals surface area contributed by atoms with Crippen molar-refractivity contribution in [1.82, 2.24) is 9.97 Å². The molecule has 0 spiro atoms. The normalized spacial score (nSPS) is 10.4. The van der Waals surface area contributed by atoms with Gasteiger partial charge in [0.2, 0.25) is 5.28 Å². The lowest BCUT2D eigenvalue weighted by atomic mass is 10.1. The van der Waals surface area contributed by atoms with Gasteiger partial charge in [-0.15, -0.1) is 0 Å². The first-order valence-electron chi connectivity index (χ1n) is 3.92. The molecule has 0 unspecified atom stereocenters. The summed E-state index contributed by atoms with van der Waals surface area (Å²) in [5.74, 6) is -0.479. The molecule has 0 fully saturated rings. The maximum Gasteiger partial charge on any atom is 0.201 e. The van der Waals surface area contributed by atoms with Gasteiger partial charge >= 0.3 is 0 Å². The highest BCUT2D eigenvalue weighted by atomic mass is 35.5. The summed E-state index contributed by atoms with van der Waals surface area (Å²) in [6.45, 7) is 0. The Bertz CT molecular complexity index is 527. The van der Waals surface area contributed by atoms with Crippen LogP contribution >= 0.6 is 11.6 Å². The number of nitrogens with one attached hydrogen (secondary N) is 1. The molecule has 0 saturated carbocycles. The molecule has 1 aromatic carbocycles. The van der Waals surface area contributed by atoms with Crippen molar-refractivity contribution in [2.75, 3.05) is 0 Å². The third-order valence-corrected chi connectivity index (χ3v) is 2.09. The van der Waals surface area contributed by atoms with E-state index in [4.69, 9.17) is 16.9 Å². The van der Waals surface area contributed by atoms with Crippen LogP contribution in [0.5, 0.6) is 0 Å². The number of hydrogen-bond acceptors (Lipinski definition) is 2. The Kier molecular flexibility index (Phi) is 2.10. The number of aromatic amines is 1. The number of hydrogen-bond donors (Lipinski definition) is 1. The van der Waals surface area contributed by atoms with E-state index < -0.39 is 5.82 Å². The Morgan fingerprint density at radius 3 is 3.07 bits per heavy atom. The summed E-state index contributed by atoms with van der Waals surface area (Å²) >= 11 is 5.59. The summed E-state index contributed by atoms with van der Waals surface area (Å²) < 4.78 is 13.6. The largest absolute Gasteiger partial charge is 0.328 e. The molecule has 0 aliphatic rings. The van der Waals surface area contributed by atoms with Gasteiger partial charge in [0.25, 0.3) is 0 Å². The predicted molar refractivity (Wildman–Crippen MR) is 50.4 cm³/mol. The highest BCUT2D eigenvalue weighted by Gasteiger charge is 2.10. The number of nitriles is 1. The fourth-order valence-corrected chi connectivity index (χ4v) is 1.46. The van der Waals surface area contributed by atoms with Gasteiger partial charge in [0.1, 0.15) is 5.52 Å². The second-order valence-electron chi connectivity index (χ2n) is 2.80. The zero-order valence-electron chi connectivity index (χ0n) is 7.01. The van der Waals surface area contributed by atoms with E-state index in [-0.39, 0.29) is 17.2 Å². The minimum absolute atomic E-state index is 0.0340. The molecule has 0 aliphatic heterocycles. The zero-order valence-corrected chi connectivity index (χ0v) is 7.77. The molecule has 0 radical (unpaired) electrons. The van der Waals surface area contributed by atoms with Gasteiger partial charge in [0.15, 0.2) is 5.82 Å². The molecular formula is C9H5ClFN3. The Balaban J connectivity index is 2.69. The summed E-state index contributed by atoms with van der Waals surface area (Å²) in [4.78, 5) is 6.48. The minimum atomic E-state index is -0.479.